The van der Waals surface area contributed by atoms with Crippen LogP contribution in [0.5, 0.6) is 5.75 Å². The third kappa shape index (κ3) is 2.29. The van der Waals surface area contributed by atoms with Crippen molar-refractivity contribution < 1.29 is 4.74 Å². The van der Waals surface area contributed by atoms with Gasteiger partial charge in [-0.25, -0.2) is 9.97 Å². The van der Waals surface area contributed by atoms with Crippen LogP contribution in [0, 0.1) is 0 Å². The summed E-state index contributed by atoms with van der Waals surface area (Å²) in [5, 5.41) is 0. The molecule has 0 radical (unpaired) electrons. The minimum atomic E-state index is 0.587. The van der Waals surface area contributed by atoms with Crippen molar-refractivity contribution in [3.8, 4) is 5.75 Å². The average molecular weight is 182 g/mol. The van der Waals surface area contributed by atoms with Crippen molar-refractivity contribution in [2.75, 3.05) is 32.1 Å². The van der Waals surface area contributed by atoms with E-state index in [0.717, 1.165) is 12.4 Å². The lowest BCUT2D eigenvalue weighted by molar-refractivity contribution is 0.411. The largest absolute Gasteiger partial charge is 0.491 e. The van der Waals surface area contributed by atoms with Crippen LogP contribution in [0.15, 0.2) is 12.5 Å². The molecule has 0 aromatic carbocycles. The van der Waals surface area contributed by atoms with E-state index in [2.05, 4.69) is 9.97 Å². The fraction of sp³-hybridized carbons (Fsp3) is 0.500. The van der Waals surface area contributed by atoms with Gasteiger partial charge in [0.05, 0.1) is 13.3 Å². The van der Waals surface area contributed by atoms with Gasteiger partial charge in [-0.2, -0.15) is 0 Å². The highest BCUT2D eigenvalue weighted by atomic mass is 16.5. The van der Waals surface area contributed by atoms with E-state index in [-0.39, 0.29) is 0 Å². The summed E-state index contributed by atoms with van der Waals surface area (Å²) in [6.45, 7) is 1.33. The summed E-state index contributed by atoms with van der Waals surface area (Å²) >= 11 is 0. The molecular weight excluding hydrogens is 168 g/mol. The van der Waals surface area contributed by atoms with Crippen LogP contribution in [0.2, 0.25) is 0 Å². The Morgan fingerprint density at radius 3 is 3.00 bits per heavy atom. The Morgan fingerprint density at radius 1 is 1.62 bits per heavy atom. The predicted molar refractivity (Wildman–Crippen MR) is 50.9 cm³/mol. The summed E-state index contributed by atoms with van der Waals surface area (Å²) in [5.41, 5.74) is 5.43. The van der Waals surface area contributed by atoms with Gasteiger partial charge in [-0.3, -0.25) is 0 Å². The Morgan fingerprint density at radius 2 is 2.38 bits per heavy atom. The quantitative estimate of drug-likeness (QED) is 0.703. The summed E-state index contributed by atoms with van der Waals surface area (Å²) in [6.07, 6.45) is 3.13. The number of hydrogen-bond acceptors (Lipinski definition) is 5. The maximum absolute atomic E-state index is 5.43. The normalized spacial score (nSPS) is 9.77. The Kier molecular flexibility index (Phi) is 3.45. The fourth-order valence-corrected chi connectivity index (χ4v) is 1.04. The van der Waals surface area contributed by atoms with Gasteiger partial charge in [0.15, 0.2) is 11.6 Å². The van der Waals surface area contributed by atoms with E-state index < -0.39 is 0 Å². The van der Waals surface area contributed by atoms with E-state index in [0.29, 0.717) is 12.3 Å². The van der Waals surface area contributed by atoms with Crippen molar-refractivity contribution in [3.63, 3.8) is 0 Å². The van der Waals surface area contributed by atoms with Gasteiger partial charge in [0.25, 0.3) is 0 Å². The lowest BCUT2D eigenvalue weighted by Crippen LogP contribution is -2.26. The third-order valence-corrected chi connectivity index (χ3v) is 1.70. The van der Waals surface area contributed by atoms with Crippen molar-refractivity contribution in [1.82, 2.24) is 9.97 Å². The summed E-state index contributed by atoms with van der Waals surface area (Å²) in [4.78, 5) is 9.90. The van der Waals surface area contributed by atoms with E-state index in [9.17, 15) is 0 Å². The average Bonchev–Trinajstić information content (AvgIpc) is 2.18. The summed E-state index contributed by atoms with van der Waals surface area (Å²) in [5.74, 6) is 1.43. The molecule has 0 saturated carbocycles. The zero-order chi connectivity index (χ0) is 9.68. The first-order chi connectivity index (χ1) is 6.29. The van der Waals surface area contributed by atoms with E-state index >= 15 is 0 Å². The lowest BCUT2D eigenvalue weighted by Gasteiger charge is -2.18. The summed E-state index contributed by atoms with van der Waals surface area (Å²) in [7, 11) is 3.51. The van der Waals surface area contributed by atoms with Crippen molar-refractivity contribution in [1.29, 1.82) is 0 Å². The zero-order valence-electron chi connectivity index (χ0n) is 7.90. The number of likely N-dealkylation sites (N-methyl/N-ethyl adjacent to an activating group) is 1. The zero-order valence-corrected chi connectivity index (χ0v) is 7.90. The van der Waals surface area contributed by atoms with Crippen LogP contribution in [0.3, 0.4) is 0 Å². The molecule has 5 heteroatoms. The van der Waals surface area contributed by atoms with Gasteiger partial charge in [-0.05, 0) is 0 Å². The van der Waals surface area contributed by atoms with Crippen molar-refractivity contribution >= 4 is 5.82 Å². The highest BCUT2D eigenvalue weighted by Crippen LogP contribution is 2.21. The molecule has 0 aliphatic rings. The molecule has 1 heterocycles. The van der Waals surface area contributed by atoms with Gasteiger partial charge in [-0.1, -0.05) is 0 Å². The van der Waals surface area contributed by atoms with Gasteiger partial charge in [0.2, 0.25) is 0 Å². The third-order valence-electron chi connectivity index (χ3n) is 1.70. The van der Waals surface area contributed by atoms with Crippen molar-refractivity contribution in [2.45, 2.75) is 0 Å². The predicted octanol–water partition coefficient (Wildman–Crippen LogP) is -0.120. The molecule has 0 amide bonds. The highest BCUT2D eigenvalue weighted by molar-refractivity contribution is 5.49. The molecule has 72 valence electrons. The number of nitrogens with zero attached hydrogens (tertiary/aromatic N) is 3. The van der Waals surface area contributed by atoms with Crippen LogP contribution in [-0.2, 0) is 0 Å². The number of aromatic nitrogens is 2. The summed E-state index contributed by atoms with van der Waals surface area (Å²) in [6, 6.07) is 0. The second-order valence-electron chi connectivity index (χ2n) is 2.62. The van der Waals surface area contributed by atoms with Gasteiger partial charge in [-0.15, -0.1) is 0 Å². The van der Waals surface area contributed by atoms with E-state index in [1.165, 1.54) is 6.33 Å². The van der Waals surface area contributed by atoms with Crippen LogP contribution in [0.4, 0.5) is 5.82 Å². The van der Waals surface area contributed by atoms with Crippen LogP contribution in [0.25, 0.3) is 0 Å². The monoisotopic (exact) mass is 182 g/mol. The number of methoxy groups -OCH3 is 1. The number of anilines is 1. The minimum Gasteiger partial charge on any atom is -0.491 e. The second-order valence-corrected chi connectivity index (χ2v) is 2.62. The van der Waals surface area contributed by atoms with Gasteiger partial charge in [0.1, 0.15) is 6.33 Å². The maximum atomic E-state index is 5.43. The molecule has 1 rings (SSSR count). The summed E-state index contributed by atoms with van der Waals surface area (Å²) < 4.78 is 5.11. The Bertz CT molecular complexity index is 266. The molecule has 0 unspecified atom stereocenters. The van der Waals surface area contributed by atoms with E-state index in [1.807, 2.05) is 11.9 Å². The van der Waals surface area contributed by atoms with E-state index in [1.54, 1.807) is 13.3 Å². The first-order valence-electron chi connectivity index (χ1n) is 4.04. The van der Waals surface area contributed by atoms with Crippen LogP contribution in [-0.4, -0.2) is 37.2 Å². The molecule has 0 fully saturated rings. The number of rotatable bonds is 4. The first-order valence-corrected chi connectivity index (χ1v) is 4.04. The molecule has 1 aromatic heterocycles. The molecule has 0 atom stereocenters. The van der Waals surface area contributed by atoms with Gasteiger partial charge < -0.3 is 15.4 Å². The van der Waals surface area contributed by atoms with Gasteiger partial charge >= 0.3 is 0 Å². The SMILES string of the molecule is COc1cncnc1N(C)CCN. The molecular formula is C8H14N4O. The van der Waals surface area contributed by atoms with Crippen molar-refractivity contribution in [3.05, 3.63) is 12.5 Å². The molecule has 0 aliphatic heterocycles. The molecule has 0 saturated heterocycles. The first kappa shape index (κ1) is 9.73. The second kappa shape index (κ2) is 4.61. The van der Waals surface area contributed by atoms with Crippen LogP contribution in [0.1, 0.15) is 0 Å². The van der Waals surface area contributed by atoms with Crippen molar-refractivity contribution in [2.24, 2.45) is 5.73 Å². The fourth-order valence-electron chi connectivity index (χ4n) is 1.04. The van der Waals surface area contributed by atoms with Crippen LogP contribution < -0.4 is 15.4 Å². The Labute approximate surface area is 77.5 Å². The number of ether oxygens (including phenoxy) is 1. The smallest absolute Gasteiger partial charge is 0.179 e. The standard InChI is InChI=1S/C8H14N4O/c1-12(4-3-9)8-7(13-2)5-10-6-11-8/h5-6H,3-4,9H2,1-2H3. The maximum Gasteiger partial charge on any atom is 0.179 e. The molecule has 1 aromatic rings. The molecule has 0 spiro atoms. The Balaban J connectivity index is 2.85. The molecule has 0 bridgehead atoms. The highest BCUT2D eigenvalue weighted by Gasteiger charge is 2.07. The van der Waals surface area contributed by atoms with E-state index in [4.69, 9.17) is 10.5 Å². The molecule has 13 heavy (non-hydrogen) atoms. The number of hydrogen-bond donors (Lipinski definition) is 1. The minimum absolute atomic E-state index is 0.587. The lowest BCUT2D eigenvalue weighted by atomic mass is 10.4. The molecule has 2 N–H and O–H groups in total. The van der Waals surface area contributed by atoms with Gasteiger partial charge in [0, 0.05) is 20.1 Å². The molecule has 5 nitrogen and oxygen atoms in total. The molecule has 0 aliphatic carbocycles. The Hall–Kier alpha value is -1.36. The number of nitrogens with two attached hydrogens (primary N) is 1. The van der Waals surface area contributed by atoms with Crippen LogP contribution >= 0.6 is 0 Å². The topological polar surface area (TPSA) is 64.3 Å².